The smallest absolute Gasteiger partial charge is 0.230 e. The Morgan fingerprint density at radius 2 is 2.40 bits per heavy atom. The molecule has 0 aromatic rings. The molecular formula is C5H10NO3P. The summed E-state index contributed by atoms with van der Waals surface area (Å²) in [6.45, 7) is 1.11. The molecule has 1 unspecified atom stereocenters. The minimum Gasteiger partial charge on any atom is -0.376 e. The number of aliphatic hydroxyl groups excluding tert-OH is 1. The molecule has 0 bridgehead atoms. The SMILES string of the molecule is CP1(=O)CCC(=O)N1CO. The van der Waals surface area contributed by atoms with Crippen LogP contribution in [0.4, 0.5) is 0 Å². The lowest BCUT2D eigenvalue weighted by molar-refractivity contribution is -0.127. The van der Waals surface area contributed by atoms with Crippen molar-refractivity contribution in [3.63, 3.8) is 0 Å². The Kier molecular flexibility index (Phi) is 1.84. The third-order valence-corrected chi connectivity index (χ3v) is 4.10. The van der Waals surface area contributed by atoms with Crippen molar-refractivity contribution < 1.29 is 14.5 Å². The summed E-state index contributed by atoms with van der Waals surface area (Å²) in [5.41, 5.74) is 0. The van der Waals surface area contributed by atoms with E-state index >= 15 is 0 Å². The van der Waals surface area contributed by atoms with Crippen molar-refractivity contribution in [3.05, 3.63) is 0 Å². The van der Waals surface area contributed by atoms with Gasteiger partial charge < -0.3 is 9.67 Å². The van der Waals surface area contributed by atoms with E-state index in [1.807, 2.05) is 0 Å². The molecule has 10 heavy (non-hydrogen) atoms. The molecule has 5 heteroatoms. The molecule has 0 radical (unpaired) electrons. The second-order valence-electron chi connectivity index (χ2n) is 2.46. The average Bonchev–Trinajstić information content (AvgIpc) is 2.07. The Bertz CT molecular complexity index is 203. The summed E-state index contributed by atoms with van der Waals surface area (Å²) in [6, 6.07) is 0. The second kappa shape index (κ2) is 2.36. The minimum absolute atomic E-state index is 0.201. The van der Waals surface area contributed by atoms with Gasteiger partial charge in [-0.15, -0.1) is 0 Å². The lowest BCUT2D eigenvalue weighted by Gasteiger charge is -2.17. The maximum atomic E-state index is 11.3. The highest BCUT2D eigenvalue weighted by molar-refractivity contribution is 7.62. The van der Waals surface area contributed by atoms with Crippen molar-refractivity contribution in [1.29, 1.82) is 0 Å². The molecule has 1 fully saturated rings. The molecule has 0 aromatic heterocycles. The van der Waals surface area contributed by atoms with Crippen LogP contribution in [0.2, 0.25) is 0 Å². The summed E-state index contributed by atoms with van der Waals surface area (Å²) in [5.74, 6) is -0.201. The number of hydrogen-bond acceptors (Lipinski definition) is 3. The van der Waals surface area contributed by atoms with E-state index in [-0.39, 0.29) is 5.91 Å². The first kappa shape index (κ1) is 7.76. The monoisotopic (exact) mass is 163 g/mol. The molecule has 1 amide bonds. The van der Waals surface area contributed by atoms with Crippen molar-refractivity contribution in [2.75, 3.05) is 19.6 Å². The summed E-state index contributed by atoms with van der Waals surface area (Å²) < 4.78 is 12.4. The minimum atomic E-state index is -2.48. The lowest BCUT2D eigenvalue weighted by Crippen LogP contribution is -2.21. The van der Waals surface area contributed by atoms with Crippen molar-refractivity contribution in [2.45, 2.75) is 6.42 Å². The largest absolute Gasteiger partial charge is 0.376 e. The predicted molar refractivity (Wildman–Crippen MR) is 36.9 cm³/mol. The first-order valence-electron chi connectivity index (χ1n) is 3.06. The van der Waals surface area contributed by atoms with E-state index in [2.05, 4.69) is 0 Å². The van der Waals surface area contributed by atoms with Crippen LogP contribution in [0.25, 0.3) is 0 Å². The number of amides is 1. The van der Waals surface area contributed by atoms with Gasteiger partial charge in [0.2, 0.25) is 5.91 Å². The van der Waals surface area contributed by atoms with Gasteiger partial charge in [-0.3, -0.25) is 9.46 Å². The first-order chi connectivity index (χ1) is 4.58. The van der Waals surface area contributed by atoms with Gasteiger partial charge in [0.15, 0.2) is 7.29 Å². The molecular weight excluding hydrogens is 153 g/mol. The number of hydrogen-bond donors (Lipinski definition) is 1. The van der Waals surface area contributed by atoms with Gasteiger partial charge >= 0.3 is 0 Å². The Hall–Kier alpha value is -0.340. The van der Waals surface area contributed by atoms with Gasteiger partial charge in [0.25, 0.3) is 0 Å². The Balaban J connectivity index is 2.83. The van der Waals surface area contributed by atoms with Crippen molar-refractivity contribution in [3.8, 4) is 0 Å². The van der Waals surface area contributed by atoms with Gasteiger partial charge in [0.05, 0.1) is 0 Å². The number of carbonyl (C=O) groups excluding carboxylic acids is 1. The van der Waals surface area contributed by atoms with Crippen LogP contribution in [-0.2, 0) is 9.36 Å². The van der Waals surface area contributed by atoms with Crippen molar-refractivity contribution in [2.24, 2.45) is 0 Å². The Morgan fingerprint density at radius 3 is 2.60 bits per heavy atom. The third kappa shape index (κ3) is 1.09. The number of aliphatic hydroxyl groups is 1. The second-order valence-corrected chi connectivity index (χ2v) is 5.49. The number of carbonyl (C=O) groups is 1. The fraction of sp³-hybridized carbons (Fsp3) is 0.800. The lowest BCUT2D eigenvalue weighted by atomic mass is 10.5. The van der Waals surface area contributed by atoms with E-state index in [4.69, 9.17) is 5.11 Å². The third-order valence-electron chi connectivity index (χ3n) is 1.67. The quantitative estimate of drug-likeness (QED) is 0.557. The Morgan fingerprint density at radius 1 is 1.80 bits per heavy atom. The Labute approximate surface area is 59.3 Å². The molecule has 0 saturated carbocycles. The molecule has 1 aliphatic heterocycles. The molecule has 0 spiro atoms. The highest BCUT2D eigenvalue weighted by Crippen LogP contribution is 2.50. The summed E-state index contributed by atoms with van der Waals surface area (Å²) in [5, 5.41) is 8.60. The van der Waals surface area contributed by atoms with Gasteiger partial charge in [-0.2, -0.15) is 0 Å². The fourth-order valence-electron chi connectivity index (χ4n) is 1.00. The van der Waals surface area contributed by atoms with Gasteiger partial charge in [0, 0.05) is 19.2 Å². The molecule has 1 saturated heterocycles. The standard InChI is InChI=1S/C5H10NO3P/c1-10(9)3-2-5(8)6(10)4-7/h7H,2-4H2,1H3. The summed E-state index contributed by atoms with van der Waals surface area (Å²) in [6.07, 6.45) is 0.723. The summed E-state index contributed by atoms with van der Waals surface area (Å²) in [7, 11) is -2.48. The van der Waals surface area contributed by atoms with Crippen LogP contribution in [0.15, 0.2) is 0 Å². The summed E-state index contributed by atoms with van der Waals surface area (Å²) in [4.78, 5) is 10.8. The zero-order valence-corrected chi connectivity index (χ0v) is 6.67. The van der Waals surface area contributed by atoms with Gasteiger partial charge in [0.1, 0.15) is 6.73 Å². The van der Waals surface area contributed by atoms with E-state index < -0.39 is 14.0 Å². The molecule has 0 aliphatic carbocycles. The normalized spacial score (nSPS) is 33.4. The molecule has 4 nitrogen and oxygen atoms in total. The van der Waals surface area contributed by atoms with E-state index in [1.165, 1.54) is 6.66 Å². The van der Waals surface area contributed by atoms with Crippen LogP contribution in [0.5, 0.6) is 0 Å². The van der Waals surface area contributed by atoms with E-state index in [0.29, 0.717) is 12.6 Å². The number of rotatable bonds is 1. The van der Waals surface area contributed by atoms with Gasteiger partial charge in [-0.05, 0) is 0 Å². The maximum Gasteiger partial charge on any atom is 0.230 e. The average molecular weight is 163 g/mol. The first-order valence-corrected chi connectivity index (χ1v) is 5.35. The highest BCUT2D eigenvalue weighted by atomic mass is 31.2. The van der Waals surface area contributed by atoms with Crippen molar-refractivity contribution in [1.82, 2.24) is 4.67 Å². The molecule has 1 aliphatic rings. The van der Waals surface area contributed by atoms with Crippen LogP contribution in [0.3, 0.4) is 0 Å². The molecule has 58 valence electrons. The van der Waals surface area contributed by atoms with Crippen LogP contribution < -0.4 is 0 Å². The van der Waals surface area contributed by atoms with E-state index in [9.17, 15) is 9.36 Å². The van der Waals surface area contributed by atoms with Crippen LogP contribution in [-0.4, -0.2) is 35.2 Å². The molecule has 1 N–H and O–H groups in total. The van der Waals surface area contributed by atoms with E-state index in [0.717, 1.165) is 4.67 Å². The number of nitrogens with zero attached hydrogens (tertiary/aromatic N) is 1. The summed E-state index contributed by atoms with van der Waals surface area (Å²) >= 11 is 0. The predicted octanol–water partition coefficient (Wildman–Crippen LogP) is 0.0764. The molecule has 1 rings (SSSR count). The zero-order valence-electron chi connectivity index (χ0n) is 5.78. The van der Waals surface area contributed by atoms with Gasteiger partial charge in [-0.25, -0.2) is 0 Å². The topological polar surface area (TPSA) is 57.6 Å². The van der Waals surface area contributed by atoms with Crippen molar-refractivity contribution >= 4 is 13.2 Å². The van der Waals surface area contributed by atoms with Gasteiger partial charge in [-0.1, -0.05) is 0 Å². The van der Waals surface area contributed by atoms with Crippen LogP contribution in [0.1, 0.15) is 6.42 Å². The van der Waals surface area contributed by atoms with E-state index in [1.54, 1.807) is 0 Å². The fourth-order valence-corrected chi connectivity index (χ4v) is 2.69. The molecule has 1 heterocycles. The molecule has 0 aromatic carbocycles. The molecule has 1 atom stereocenters. The van der Waals surface area contributed by atoms with Crippen LogP contribution in [0, 0.1) is 0 Å². The van der Waals surface area contributed by atoms with Crippen LogP contribution >= 0.6 is 7.29 Å². The zero-order chi connectivity index (χ0) is 7.78. The maximum absolute atomic E-state index is 11.3. The highest BCUT2D eigenvalue weighted by Gasteiger charge is 2.35.